The normalized spacial score (nSPS) is 9.50. The Balaban J connectivity index is 2.65. The van der Waals surface area contributed by atoms with Crippen molar-refractivity contribution in [3.63, 3.8) is 0 Å². The van der Waals surface area contributed by atoms with E-state index < -0.39 is 0 Å². The van der Waals surface area contributed by atoms with E-state index in [1.54, 1.807) is 12.1 Å². The van der Waals surface area contributed by atoms with Crippen molar-refractivity contribution in [3.05, 3.63) is 59.2 Å². The summed E-state index contributed by atoms with van der Waals surface area (Å²) in [7, 11) is 0. The summed E-state index contributed by atoms with van der Waals surface area (Å²) in [5, 5.41) is 18.3. The Hall–Kier alpha value is -2.62. The van der Waals surface area contributed by atoms with Gasteiger partial charge in [0.1, 0.15) is 0 Å². The first-order chi connectivity index (χ1) is 8.80. The highest BCUT2D eigenvalue weighted by Crippen LogP contribution is 2.27. The molecule has 0 bridgehead atoms. The van der Waals surface area contributed by atoms with E-state index in [-0.39, 0.29) is 0 Å². The van der Waals surface area contributed by atoms with Crippen LogP contribution < -0.4 is 5.73 Å². The summed E-state index contributed by atoms with van der Waals surface area (Å²) in [6.07, 6.45) is 0. The first kappa shape index (κ1) is 11.9. The van der Waals surface area contributed by atoms with E-state index in [1.807, 2.05) is 30.3 Å². The van der Waals surface area contributed by atoms with Gasteiger partial charge in [-0.25, -0.2) is 0 Å². The van der Waals surface area contributed by atoms with Crippen LogP contribution in [-0.2, 0) is 6.54 Å². The molecule has 0 unspecified atom stereocenters. The monoisotopic (exact) mass is 233 g/mol. The lowest BCUT2D eigenvalue weighted by molar-refractivity contribution is 1.07. The lowest BCUT2D eigenvalue weighted by Gasteiger charge is -2.07. The van der Waals surface area contributed by atoms with E-state index in [9.17, 15) is 5.26 Å². The molecule has 0 fully saturated rings. The molecule has 18 heavy (non-hydrogen) atoms. The lowest BCUT2D eigenvalue weighted by atomic mass is 9.95. The van der Waals surface area contributed by atoms with Gasteiger partial charge >= 0.3 is 0 Å². The lowest BCUT2D eigenvalue weighted by Crippen LogP contribution is -1.97. The summed E-state index contributed by atoms with van der Waals surface area (Å²) < 4.78 is 0. The van der Waals surface area contributed by atoms with Gasteiger partial charge in [0.15, 0.2) is 0 Å². The predicted octanol–water partition coefficient (Wildman–Crippen LogP) is 2.56. The Kier molecular flexibility index (Phi) is 3.38. The molecule has 0 aliphatic rings. The number of rotatable bonds is 2. The molecule has 86 valence electrons. The van der Waals surface area contributed by atoms with Gasteiger partial charge in [0.25, 0.3) is 0 Å². The summed E-state index contributed by atoms with van der Waals surface area (Å²) in [5.41, 5.74) is 9.12. The molecule has 0 amide bonds. The minimum atomic E-state index is 0.398. The maximum Gasteiger partial charge on any atom is 0.0998 e. The smallest absolute Gasteiger partial charge is 0.0998 e. The van der Waals surface area contributed by atoms with E-state index in [0.717, 1.165) is 16.7 Å². The number of nitrogens with two attached hydrogens (primary N) is 1. The van der Waals surface area contributed by atoms with Crippen LogP contribution in [0.25, 0.3) is 11.1 Å². The van der Waals surface area contributed by atoms with Crippen LogP contribution in [0.3, 0.4) is 0 Å². The van der Waals surface area contributed by atoms with Crippen molar-refractivity contribution >= 4 is 0 Å². The fraction of sp³-hybridized carbons (Fsp3) is 0.0667. The van der Waals surface area contributed by atoms with E-state index in [0.29, 0.717) is 17.7 Å². The topological polar surface area (TPSA) is 73.6 Å². The molecule has 0 spiro atoms. The maximum atomic E-state index is 9.19. The third-order valence-corrected chi connectivity index (χ3v) is 2.78. The number of hydrogen-bond donors (Lipinski definition) is 1. The summed E-state index contributed by atoms with van der Waals surface area (Å²) in [6.45, 7) is 0.398. The van der Waals surface area contributed by atoms with Crippen LogP contribution in [0.2, 0.25) is 0 Å². The van der Waals surface area contributed by atoms with Crippen molar-refractivity contribution in [3.8, 4) is 23.3 Å². The molecule has 2 rings (SSSR count). The second kappa shape index (κ2) is 5.14. The molecular formula is C15H11N3. The van der Waals surface area contributed by atoms with Crippen molar-refractivity contribution in [2.75, 3.05) is 0 Å². The standard InChI is InChI=1S/C15H11N3/c16-8-11-5-6-15(13(7-11)10-18)14-4-2-1-3-12(14)9-17/h1-7H,8,16H2. The van der Waals surface area contributed by atoms with E-state index in [1.165, 1.54) is 0 Å². The summed E-state index contributed by atoms with van der Waals surface area (Å²) >= 11 is 0. The van der Waals surface area contributed by atoms with Crippen molar-refractivity contribution in [1.82, 2.24) is 0 Å². The zero-order valence-electron chi connectivity index (χ0n) is 9.72. The first-order valence-electron chi connectivity index (χ1n) is 5.52. The van der Waals surface area contributed by atoms with Crippen molar-refractivity contribution in [2.45, 2.75) is 6.54 Å². The van der Waals surface area contributed by atoms with Crippen LogP contribution in [0, 0.1) is 22.7 Å². The fourth-order valence-corrected chi connectivity index (χ4v) is 1.86. The molecule has 0 radical (unpaired) electrons. The number of benzene rings is 2. The van der Waals surface area contributed by atoms with Crippen LogP contribution in [0.4, 0.5) is 0 Å². The molecule has 2 aromatic rings. The average molecular weight is 233 g/mol. The second-order valence-electron chi connectivity index (χ2n) is 3.85. The fourth-order valence-electron chi connectivity index (χ4n) is 1.86. The molecule has 0 atom stereocenters. The van der Waals surface area contributed by atoms with Gasteiger partial charge in [-0.2, -0.15) is 10.5 Å². The van der Waals surface area contributed by atoms with Crippen LogP contribution >= 0.6 is 0 Å². The zero-order valence-corrected chi connectivity index (χ0v) is 9.72. The molecule has 0 aromatic heterocycles. The van der Waals surface area contributed by atoms with Gasteiger partial charge in [-0.05, 0) is 17.7 Å². The van der Waals surface area contributed by atoms with Crippen molar-refractivity contribution in [1.29, 1.82) is 10.5 Å². The zero-order chi connectivity index (χ0) is 13.0. The van der Waals surface area contributed by atoms with Gasteiger partial charge in [-0.3, -0.25) is 0 Å². The number of nitrogens with zero attached hydrogens (tertiary/aromatic N) is 2. The molecule has 3 heteroatoms. The van der Waals surface area contributed by atoms with Gasteiger partial charge in [0.05, 0.1) is 23.3 Å². The van der Waals surface area contributed by atoms with Crippen LogP contribution in [-0.4, -0.2) is 0 Å². The Morgan fingerprint density at radius 1 is 0.889 bits per heavy atom. The number of nitriles is 2. The third kappa shape index (κ3) is 2.08. The molecule has 0 aliphatic carbocycles. The van der Waals surface area contributed by atoms with E-state index in [4.69, 9.17) is 11.0 Å². The van der Waals surface area contributed by atoms with Crippen LogP contribution in [0.5, 0.6) is 0 Å². The van der Waals surface area contributed by atoms with Gasteiger partial charge in [0.2, 0.25) is 0 Å². The molecule has 0 saturated heterocycles. The van der Waals surface area contributed by atoms with E-state index in [2.05, 4.69) is 12.1 Å². The van der Waals surface area contributed by atoms with Gasteiger partial charge in [-0.1, -0.05) is 30.3 Å². The highest BCUT2D eigenvalue weighted by atomic mass is 14.5. The molecular weight excluding hydrogens is 222 g/mol. The van der Waals surface area contributed by atoms with Crippen LogP contribution in [0.15, 0.2) is 42.5 Å². The Morgan fingerprint density at radius 3 is 2.22 bits per heavy atom. The quantitative estimate of drug-likeness (QED) is 0.866. The largest absolute Gasteiger partial charge is 0.326 e. The maximum absolute atomic E-state index is 9.19. The SMILES string of the molecule is N#Cc1ccccc1-c1ccc(CN)cc1C#N. The van der Waals surface area contributed by atoms with Crippen molar-refractivity contribution in [2.24, 2.45) is 5.73 Å². The summed E-state index contributed by atoms with van der Waals surface area (Å²) in [6, 6.07) is 17.0. The molecule has 0 saturated carbocycles. The minimum absolute atomic E-state index is 0.398. The van der Waals surface area contributed by atoms with Crippen molar-refractivity contribution < 1.29 is 0 Å². The average Bonchev–Trinajstić information content (AvgIpc) is 2.46. The highest BCUT2D eigenvalue weighted by molar-refractivity contribution is 5.75. The summed E-state index contributed by atoms with van der Waals surface area (Å²) in [5.74, 6) is 0. The summed E-state index contributed by atoms with van der Waals surface area (Å²) in [4.78, 5) is 0. The van der Waals surface area contributed by atoms with Gasteiger partial charge in [-0.15, -0.1) is 0 Å². The third-order valence-electron chi connectivity index (χ3n) is 2.78. The molecule has 2 N–H and O–H groups in total. The second-order valence-corrected chi connectivity index (χ2v) is 3.85. The molecule has 0 aliphatic heterocycles. The van der Waals surface area contributed by atoms with E-state index >= 15 is 0 Å². The van der Waals surface area contributed by atoms with Gasteiger partial charge in [0, 0.05) is 17.7 Å². The predicted molar refractivity (Wildman–Crippen MR) is 69.2 cm³/mol. The molecule has 3 nitrogen and oxygen atoms in total. The molecule has 0 heterocycles. The highest BCUT2D eigenvalue weighted by Gasteiger charge is 2.09. The number of hydrogen-bond acceptors (Lipinski definition) is 3. The Morgan fingerprint density at radius 2 is 1.56 bits per heavy atom. The van der Waals surface area contributed by atoms with Crippen LogP contribution in [0.1, 0.15) is 16.7 Å². The Labute approximate surface area is 106 Å². The van der Waals surface area contributed by atoms with Gasteiger partial charge < -0.3 is 5.73 Å². The Bertz CT molecular complexity index is 660. The first-order valence-corrected chi connectivity index (χ1v) is 5.52. The minimum Gasteiger partial charge on any atom is -0.326 e. The molecule has 2 aromatic carbocycles.